The summed E-state index contributed by atoms with van der Waals surface area (Å²) in [7, 11) is 0. The topological polar surface area (TPSA) is 59.5 Å². The molecule has 30 heavy (non-hydrogen) atoms. The summed E-state index contributed by atoms with van der Waals surface area (Å²) in [5.74, 6) is -0.608. The number of pyridine rings is 1. The number of benzene rings is 2. The molecule has 1 aliphatic carbocycles. The van der Waals surface area contributed by atoms with Gasteiger partial charge in [0.1, 0.15) is 0 Å². The number of carbonyl (C=O) groups excluding carboxylic acids is 2. The normalized spacial score (nSPS) is 16.1. The molecule has 1 amide bonds. The quantitative estimate of drug-likeness (QED) is 0.617. The van der Waals surface area contributed by atoms with E-state index in [1.165, 1.54) is 0 Å². The molecule has 0 bridgehead atoms. The molecule has 0 unspecified atom stereocenters. The van der Waals surface area contributed by atoms with E-state index >= 15 is 0 Å². The van der Waals surface area contributed by atoms with Crippen molar-refractivity contribution in [1.82, 2.24) is 4.98 Å². The van der Waals surface area contributed by atoms with Gasteiger partial charge in [0, 0.05) is 23.3 Å². The summed E-state index contributed by atoms with van der Waals surface area (Å²) in [6, 6.07) is 15.6. The van der Waals surface area contributed by atoms with Gasteiger partial charge in [0.2, 0.25) is 0 Å². The fraction of sp³-hybridized carbons (Fsp3) is 0.320. The Bertz CT molecular complexity index is 1150. The maximum Gasteiger partial charge on any atom is 0.339 e. The van der Waals surface area contributed by atoms with Crippen LogP contribution in [-0.4, -0.2) is 29.5 Å². The van der Waals surface area contributed by atoms with E-state index in [1.54, 1.807) is 11.8 Å². The molecule has 3 aromatic rings. The summed E-state index contributed by atoms with van der Waals surface area (Å²) >= 11 is 0. The van der Waals surface area contributed by atoms with Crippen molar-refractivity contribution in [3.63, 3.8) is 0 Å². The predicted molar refractivity (Wildman–Crippen MR) is 116 cm³/mol. The second-order valence-electron chi connectivity index (χ2n) is 8.05. The first-order chi connectivity index (χ1) is 14.6. The lowest BCUT2D eigenvalue weighted by atomic mass is 10.0. The molecule has 0 saturated heterocycles. The first-order valence-electron chi connectivity index (χ1n) is 10.6. The number of para-hydroxylation sites is 2. The van der Waals surface area contributed by atoms with Crippen LogP contribution in [0, 0.1) is 0 Å². The van der Waals surface area contributed by atoms with Gasteiger partial charge in [-0.25, -0.2) is 4.79 Å². The summed E-state index contributed by atoms with van der Waals surface area (Å²) in [6.45, 7) is 2.31. The second-order valence-corrected chi connectivity index (χ2v) is 8.05. The maximum absolute atomic E-state index is 13.2. The maximum atomic E-state index is 13.2. The average molecular weight is 400 g/mol. The average Bonchev–Trinajstić information content (AvgIpc) is 3.24. The highest BCUT2D eigenvalue weighted by Gasteiger charge is 2.31. The number of carbonyl (C=O) groups is 2. The predicted octanol–water partition coefficient (Wildman–Crippen LogP) is 4.25. The van der Waals surface area contributed by atoms with Crippen molar-refractivity contribution in [3.05, 3.63) is 70.9 Å². The van der Waals surface area contributed by atoms with Crippen molar-refractivity contribution in [2.24, 2.45) is 0 Å². The van der Waals surface area contributed by atoms with E-state index in [1.807, 2.05) is 42.5 Å². The Balaban J connectivity index is 1.44. The highest BCUT2D eigenvalue weighted by atomic mass is 16.5. The number of aryl methyl sites for hydroxylation is 2. The van der Waals surface area contributed by atoms with E-state index in [4.69, 9.17) is 9.72 Å². The Morgan fingerprint density at radius 1 is 1.00 bits per heavy atom. The van der Waals surface area contributed by atoms with Crippen molar-refractivity contribution < 1.29 is 14.3 Å². The Hall–Kier alpha value is -3.21. The van der Waals surface area contributed by atoms with Crippen molar-refractivity contribution in [1.29, 1.82) is 0 Å². The van der Waals surface area contributed by atoms with Crippen LogP contribution in [0.5, 0.6) is 0 Å². The van der Waals surface area contributed by atoms with Crippen LogP contribution in [0.3, 0.4) is 0 Å². The highest BCUT2D eigenvalue weighted by Crippen LogP contribution is 2.31. The number of hydrogen-bond acceptors (Lipinski definition) is 4. The third-order valence-corrected chi connectivity index (χ3v) is 6.13. The molecule has 1 aromatic heterocycles. The first-order valence-corrected chi connectivity index (χ1v) is 10.6. The van der Waals surface area contributed by atoms with Crippen LogP contribution >= 0.6 is 0 Å². The molecular weight excluding hydrogens is 376 g/mol. The number of fused-ring (bicyclic) bond motifs is 3. The van der Waals surface area contributed by atoms with Crippen LogP contribution in [0.4, 0.5) is 5.69 Å². The van der Waals surface area contributed by atoms with Crippen LogP contribution in [-0.2, 0) is 28.8 Å². The smallest absolute Gasteiger partial charge is 0.339 e. The van der Waals surface area contributed by atoms with E-state index < -0.39 is 12.1 Å². The van der Waals surface area contributed by atoms with Crippen LogP contribution < -0.4 is 4.90 Å². The Labute approximate surface area is 175 Å². The Morgan fingerprint density at radius 3 is 2.70 bits per heavy atom. The van der Waals surface area contributed by atoms with E-state index in [-0.39, 0.29) is 5.91 Å². The molecule has 5 nitrogen and oxygen atoms in total. The van der Waals surface area contributed by atoms with Crippen LogP contribution in [0.2, 0.25) is 0 Å². The molecule has 0 radical (unpaired) electrons. The molecule has 2 heterocycles. The van der Waals surface area contributed by atoms with Crippen molar-refractivity contribution >= 4 is 28.5 Å². The van der Waals surface area contributed by atoms with Gasteiger partial charge in [-0.15, -0.1) is 0 Å². The van der Waals surface area contributed by atoms with Crippen molar-refractivity contribution in [2.75, 3.05) is 11.4 Å². The number of esters is 1. The van der Waals surface area contributed by atoms with Crippen molar-refractivity contribution in [3.8, 4) is 0 Å². The van der Waals surface area contributed by atoms with Gasteiger partial charge < -0.3 is 9.64 Å². The molecule has 5 rings (SSSR count). The van der Waals surface area contributed by atoms with Gasteiger partial charge in [-0.2, -0.15) is 0 Å². The second kappa shape index (κ2) is 7.56. The van der Waals surface area contributed by atoms with Gasteiger partial charge in [-0.05, 0) is 62.3 Å². The van der Waals surface area contributed by atoms with Gasteiger partial charge in [-0.3, -0.25) is 9.78 Å². The minimum atomic E-state index is -0.854. The fourth-order valence-electron chi connectivity index (χ4n) is 4.70. The van der Waals surface area contributed by atoms with Gasteiger partial charge in [0.25, 0.3) is 5.91 Å². The molecule has 0 saturated carbocycles. The monoisotopic (exact) mass is 400 g/mol. The van der Waals surface area contributed by atoms with Crippen LogP contribution in [0.15, 0.2) is 48.5 Å². The van der Waals surface area contributed by atoms with E-state index in [9.17, 15) is 9.59 Å². The summed E-state index contributed by atoms with van der Waals surface area (Å²) in [6.07, 6.45) is 3.69. The van der Waals surface area contributed by atoms with E-state index in [0.717, 1.165) is 65.5 Å². The molecule has 2 aromatic carbocycles. The summed E-state index contributed by atoms with van der Waals surface area (Å²) in [4.78, 5) is 32.9. The zero-order valence-corrected chi connectivity index (χ0v) is 17.1. The number of hydrogen-bond donors (Lipinski definition) is 0. The lowest BCUT2D eigenvalue weighted by molar-refractivity contribution is -0.126. The number of anilines is 1. The lowest BCUT2D eigenvalue weighted by Gasteiger charge is -2.31. The van der Waals surface area contributed by atoms with Crippen LogP contribution in [0.1, 0.15) is 46.9 Å². The third kappa shape index (κ3) is 3.15. The third-order valence-electron chi connectivity index (χ3n) is 6.13. The molecule has 1 aliphatic heterocycles. The van der Waals surface area contributed by atoms with E-state index in [2.05, 4.69) is 6.07 Å². The number of nitrogens with zero attached hydrogens (tertiary/aromatic N) is 2. The standard InChI is InChI=1S/C25H24N2O3/c1-16(24(28)27-15-7-9-17-8-2-5-14-22(17)27)30-25(29)23-18-10-3-4-12-20(18)26-21-13-6-11-19(21)23/h2-5,8,10,12,14,16H,6-7,9,11,13,15H2,1H3/t16-/m1/s1. The molecule has 1 atom stereocenters. The van der Waals surface area contributed by atoms with Gasteiger partial charge in [0.15, 0.2) is 6.10 Å². The Kier molecular flexibility index (Phi) is 4.74. The van der Waals surface area contributed by atoms with Gasteiger partial charge >= 0.3 is 5.97 Å². The number of rotatable bonds is 3. The van der Waals surface area contributed by atoms with Gasteiger partial charge in [0.05, 0.1) is 11.1 Å². The van der Waals surface area contributed by atoms with Crippen LogP contribution in [0.25, 0.3) is 10.9 Å². The molecule has 152 valence electrons. The fourth-order valence-corrected chi connectivity index (χ4v) is 4.70. The lowest BCUT2D eigenvalue weighted by Crippen LogP contribution is -2.42. The minimum absolute atomic E-state index is 0.175. The molecule has 0 fully saturated rings. The molecule has 5 heteroatoms. The number of amides is 1. The van der Waals surface area contributed by atoms with Gasteiger partial charge in [-0.1, -0.05) is 36.4 Å². The molecule has 0 spiro atoms. The minimum Gasteiger partial charge on any atom is -0.449 e. The highest BCUT2D eigenvalue weighted by molar-refractivity contribution is 6.07. The number of ether oxygens (including phenoxy) is 1. The molecule has 2 aliphatic rings. The SMILES string of the molecule is C[C@@H](OC(=O)c1c2c(nc3ccccc13)CCC2)C(=O)N1CCCc2ccccc21. The molecular formula is C25H24N2O3. The van der Waals surface area contributed by atoms with Crippen molar-refractivity contribution in [2.45, 2.75) is 45.1 Å². The Morgan fingerprint density at radius 2 is 1.80 bits per heavy atom. The first kappa shape index (κ1) is 18.8. The summed E-state index contributed by atoms with van der Waals surface area (Å²) in [5.41, 5.74) is 5.41. The number of aromatic nitrogens is 1. The largest absolute Gasteiger partial charge is 0.449 e. The summed E-state index contributed by atoms with van der Waals surface area (Å²) in [5, 5.41) is 0.797. The zero-order valence-electron chi connectivity index (χ0n) is 17.1. The van der Waals surface area contributed by atoms with E-state index in [0.29, 0.717) is 12.1 Å². The molecule has 0 N–H and O–H groups in total. The zero-order chi connectivity index (χ0) is 20.7. The summed E-state index contributed by atoms with van der Waals surface area (Å²) < 4.78 is 5.74.